The van der Waals surface area contributed by atoms with Crippen molar-refractivity contribution in [1.29, 1.82) is 0 Å². The number of amides is 2. The molecule has 2 aromatic carbocycles. The van der Waals surface area contributed by atoms with Crippen LogP contribution < -0.4 is 9.64 Å². The molecule has 0 radical (unpaired) electrons. The third kappa shape index (κ3) is 5.09. The van der Waals surface area contributed by atoms with Gasteiger partial charge in [-0.05, 0) is 37.3 Å². The van der Waals surface area contributed by atoms with E-state index in [1.165, 1.54) is 18.7 Å². The molecule has 2 heterocycles. The number of ketones is 1. The number of nitrogens with zero attached hydrogens (tertiary/aromatic N) is 2. The Balaban J connectivity index is 1.38. The molecule has 1 unspecified atom stereocenters. The molecule has 0 aromatic heterocycles. The van der Waals surface area contributed by atoms with E-state index in [2.05, 4.69) is 0 Å². The molecule has 1 atom stereocenters. The van der Waals surface area contributed by atoms with Crippen molar-refractivity contribution in [3.8, 4) is 5.75 Å². The Morgan fingerprint density at radius 2 is 2.06 bits per heavy atom. The van der Waals surface area contributed by atoms with E-state index in [1.54, 1.807) is 28.0 Å². The molecule has 7 nitrogen and oxygen atoms in total. The quantitative estimate of drug-likeness (QED) is 0.598. The maximum absolute atomic E-state index is 13.0. The number of thioether (sulfide) groups is 1. The second-order valence-electron chi connectivity index (χ2n) is 7.58. The zero-order valence-corrected chi connectivity index (χ0v) is 19.2. The van der Waals surface area contributed by atoms with Gasteiger partial charge in [0.2, 0.25) is 11.8 Å². The van der Waals surface area contributed by atoms with Crippen LogP contribution >= 0.6 is 23.4 Å². The Hall–Kier alpha value is -2.55. The smallest absolute Gasteiger partial charge is 0.242 e. The topological polar surface area (TPSA) is 76.2 Å². The Morgan fingerprint density at radius 1 is 1.25 bits per heavy atom. The predicted molar refractivity (Wildman–Crippen MR) is 123 cm³/mol. The number of benzene rings is 2. The van der Waals surface area contributed by atoms with Gasteiger partial charge in [0, 0.05) is 16.5 Å². The van der Waals surface area contributed by atoms with Gasteiger partial charge in [-0.3, -0.25) is 14.4 Å². The van der Waals surface area contributed by atoms with E-state index < -0.39 is 0 Å². The average Bonchev–Trinajstić information content (AvgIpc) is 2.80. The summed E-state index contributed by atoms with van der Waals surface area (Å²) in [4.78, 5) is 41.6. The molecule has 2 aromatic rings. The van der Waals surface area contributed by atoms with Gasteiger partial charge in [0.05, 0.1) is 30.2 Å². The lowest BCUT2D eigenvalue weighted by Gasteiger charge is -2.35. The van der Waals surface area contributed by atoms with Crippen LogP contribution in [0.15, 0.2) is 47.4 Å². The number of Topliss-reactive ketones (excluding diaryl/α,β-unsaturated/α-hetero) is 1. The molecule has 2 aliphatic heterocycles. The third-order valence-electron chi connectivity index (χ3n) is 5.34. The minimum atomic E-state index is -0.344. The molecule has 32 heavy (non-hydrogen) atoms. The fourth-order valence-corrected chi connectivity index (χ4v) is 4.80. The number of morpholine rings is 1. The lowest BCUT2D eigenvalue weighted by Crippen LogP contribution is -2.51. The summed E-state index contributed by atoms with van der Waals surface area (Å²) in [6, 6.07) is 12.5. The predicted octanol–water partition coefficient (Wildman–Crippen LogP) is 3.29. The van der Waals surface area contributed by atoms with Gasteiger partial charge in [0.1, 0.15) is 25.0 Å². The van der Waals surface area contributed by atoms with Crippen LogP contribution in [0.1, 0.15) is 17.3 Å². The highest BCUT2D eigenvalue weighted by Gasteiger charge is 2.30. The molecule has 2 amide bonds. The first kappa shape index (κ1) is 22.6. The molecule has 9 heteroatoms. The number of anilines is 1. The standard InChI is InChI=1S/C23H23ClN2O5S/c1-15(27)18-10-16(24)6-7-20(18)31-13-17-11-25(8-9-30-17)22(28)12-26-19-4-2-3-5-21(19)32-14-23(26)29/h2-7,10,17H,8-9,11-14H2,1H3. The van der Waals surface area contributed by atoms with Crippen molar-refractivity contribution < 1.29 is 23.9 Å². The fourth-order valence-electron chi connectivity index (χ4n) is 3.70. The zero-order chi connectivity index (χ0) is 22.7. The number of para-hydroxylation sites is 1. The van der Waals surface area contributed by atoms with Gasteiger partial charge in [0.15, 0.2) is 5.78 Å². The van der Waals surface area contributed by atoms with Crippen molar-refractivity contribution in [2.75, 3.05) is 43.5 Å². The highest BCUT2D eigenvalue weighted by atomic mass is 35.5. The number of fused-ring (bicyclic) bond motifs is 1. The van der Waals surface area contributed by atoms with Gasteiger partial charge < -0.3 is 19.3 Å². The molecule has 0 bridgehead atoms. The van der Waals surface area contributed by atoms with Crippen LogP contribution in [0.25, 0.3) is 0 Å². The zero-order valence-electron chi connectivity index (χ0n) is 17.6. The summed E-state index contributed by atoms with van der Waals surface area (Å²) in [7, 11) is 0. The van der Waals surface area contributed by atoms with Crippen molar-refractivity contribution in [3.05, 3.63) is 53.1 Å². The van der Waals surface area contributed by atoms with Gasteiger partial charge in [-0.2, -0.15) is 0 Å². The summed E-state index contributed by atoms with van der Waals surface area (Å²) >= 11 is 7.47. The molecular weight excluding hydrogens is 452 g/mol. The molecular formula is C23H23ClN2O5S. The maximum atomic E-state index is 13.0. The van der Waals surface area contributed by atoms with Gasteiger partial charge in [-0.1, -0.05) is 23.7 Å². The van der Waals surface area contributed by atoms with Crippen molar-refractivity contribution in [2.24, 2.45) is 0 Å². The Labute approximate surface area is 195 Å². The maximum Gasteiger partial charge on any atom is 0.242 e. The van der Waals surface area contributed by atoms with Crippen LogP contribution in [0.2, 0.25) is 5.02 Å². The largest absolute Gasteiger partial charge is 0.490 e. The highest BCUT2D eigenvalue weighted by molar-refractivity contribution is 8.00. The molecule has 1 fully saturated rings. The molecule has 0 saturated carbocycles. The summed E-state index contributed by atoms with van der Waals surface area (Å²) in [5.41, 5.74) is 1.18. The first-order valence-electron chi connectivity index (χ1n) is 10.3. The normalized spacial score (nSPS) is 18.3. The first-order chi connectivity index (χ1) is 15.4. The van der Waals surface area contributed by atoms with Crippen LogP contribution in [-0.2, 0) is 14.3 Å². The van der Waals surface area contributed by atoms with E-state index in [1.807, 2.05) is 24.3 Å². The number of carbonyl (C=O) groups is 3. The molecule has 0 spiro atoms. The van der Waals surface area contributed by atoms with Gasteiger partial charge in [-0.25, -0.2) is 0 Å². The number of hydrogen-bond acceptors (Lipinski definition) is 6. The van der Waals surface area contributed by atoms with E-state index in [0.717, 1.165) is 10.6 Å². The fraction of sp³-hybridized carbons (Fsp3) is 0.348. The number of halogens is 1. The summed E-state index contributed by atoms with van der Waals surface area (Å²) in [5, 5.41) is 0.459. The van der Waals surface area contributed by atoms with Crippen molar-refractivity contribution in [1.82, 2.24) is 4.90 Å². The first-order valence-corrected chi connectivity index (χ1v) is 11.6. The molecule has 1 saturated heterocycles. The second kappa shape index (κ2) is 9.94. The van der Waals surface area contributed by atoms with E-state index in [4.69, 9.17) is 21.1 Å². The Bertz CT molecular complexity index is 1050. The minimum Gasteiger partial charge on any atom is -0.490 e. The van der Waals surface area contributed by atoms with E-state index in [-0.39, 0.29) is 36.9 Å². The van der Waals surface area contributed by atoms with Crippen molar-refractivity contribution in [3.63, 3.8) is 0 Å². The Morgan fingerprint density at radius 3 is 2.88 bits per heavy atom. The number of hydrogen-bond donors (Lipinski definition) is 0. The lowest BCUT2D eigenvalue weighted by atomic mass is 10.1. The van der Waals surface area contributed by atoms with Gasteiger partial charge in [0.25, 0.3) is 0 Å². The summed E-state index contributed by atoms with van der Waals surface area (Å²) in [5.74, 6) is 0.401. The minimum absolute atomic E-state index is 0.00431. The van der Waals surface area contributed by atoms with Crippen LogP contribution in [0, 0.1) is 0 Å². The summed E-state index contributed by atoms with van der Waals surface area (Å²) in [6.45, 7) is 2.81. The van der Waals surface area contributed by atoms with E-state index in [9.17, 15) is 14.4 Å². The number of ether oxygens (including phenoxy) is 2. The lowest BCUT2D eigenvalue weighted by molar-refractivity contribution is -0.139. The van der Waals surface area contributed by atoms with Crippen molar-refractivity contribution >= 4 is 46.6 Å². The molecule has 0 aliphatic carbocycles. The van der Waals surface area contributed by atoms with E-state index >= 15 is 0 Å². The Kier molecular flexibility index (Phi) is 7.03. The molecule has 0 N–H and O–H groups in total. The van der Waals surface area contributed by atoms with Crippen LogP contribution in [0.4, 0.5) is 5.69 Å². The number of rotatable bonds is 6. The van der Waals surface area contributed by atoms with Crippen LogP contribution in [0.5, 0.6) is 5.75 Å². The third-order valence-corrected chi connectivity index (χ3v) is 6.62. The van der Waals surface area contributed by atoms with Crippen molar-refractivity contribution in [2.45, 2.75) is 17.9 Å². The SMILES string of the molecule is CC(=O)c1cc(Cl)ccc1OCC1CN(C(=O)CN2C(=O)CSc3ccccc32)CCO1. The molecule has 2 aliphatic rings. The molecule has 4 rings (SSSR count). The molecule has 168 valence electrons. The highest BCUT2D eigenvalue weighted by Crippen LogP contribution is 2.34. The average molecular weight is 475 g/mol. The summed E-state index contributed by atoms with van der Waals surface area (Å²) < 4.78 is 11.6. The second-order valence-corrected chi connectivity index (χ2v) is 9.03. The van der Waals surface area contributed by atoms with Crippen LogP contribution in [0.3, 0.4) is 0 Å². The van der Waals surface area contributed by atoms with Gasteiger partial charge in [-0.15, -0.1) is 11.8 Å². The monoisotopic (exact) mass is 474 g/mol. The summed E-state index contributed by atoms with van der Waals surface area (Å²) in [6.07, 6.45) is -0.344. The van der Waals surface area contributed by atoms with Crippen LogP contribution in [-0.4, -0.2) is 67.2 Å². The van der Waals surface area contributed by atoms with E-state index in [0.29, 0.717) is 41.8 Å². The number of carbonyl (C=O) groups excluding carboxylic acids is 3. The van der Waals surface area contributed by atoms with Gasteiger partial charge >= 0.3 is 0 Å².